The van der Waals surface area contributed by atoms with E-state index >= 15 is 0 Å². The summed E-state index contributed by atoms with van der Waals surface area (Å²) in [4.78, 5) is 23.9. The lowest BCUT2D eigenvalue weighted by Crippen LogP contribution is -2.31. The van der Waals surface area contributed by atoms with Crippen molar-refractivity contribution in [2.24, 2.45) is 0 Å². The third kappa shape index (κ3) is 3.14. The van der Waals surface area contributed by atoms with Crippen LogP contribution >= 0.6 is 11.6 Å². The van der Waals surface area contributed by atoms with Gasteiger partial charge >= 0.3 is 5.97 Å². The highest BCUT2D eigenvalue weighted by atomic mass is 35.5. The van der Waals surface area contributed by atoms with Gasteiger partial charge in [-0.3, -0.25) is 4.79 Å². The number of para-hydroxylation sites is 1. The van der Waals surface area contributed by atoms with E-state index < -0.39 is 12.1 Å². The van der Waals surface area contributed by atoms with Crippen LogP contribution < -0.4 is 10.1 Å². The van der Waals surface area contributed by atoms with Crippen molar-refractivity contribution in [2.45, 2.75) is 12.5 Å². The van der Waals surface area contributed by atoms with Crippen molar-refractivity contribution in [3.8, 4) is 5.75 Å². The molecule has 1 N–H and O–H groups in total. The van der Waals surface area contributed by atoms with Crippen molar-refractivity contribution >= 4 is 29.2 Å². The quantitative estimate of drug-likeness (QED) is 0.878. The first-order chi connectivity index (χ1) is 11.1. The molecule has 0 saturated heterocycles. The summed E-state index contributed by atoms with van der Waals surface area (Å²) >= 11 is 6.08. The summed E-state index contributed by atoms with van der Waals surface area (Å²) in [6.45, 7) is 0. The minimum Gasteiger partial charge on any atom is -0.480 e. The Labute approximate surface area is 138 Å². The molecule has 0 aliphatic carbocycles. The molecule has 1 unspecified atom stereocenters. The number of anilines is 1. The van der Waals surface area contributed by atoms with Crippen molar-refractivity contribution in [3.63, 3.8) is 0 Å². The average Bonchev–Trinajstić information content (AvgIpc) is 3.00. The fourth-order valence-electron chi connectivity index (χ4n) is 2.41. The van der Waals surface area contributed by atoms with Crippen LogP contribution in [0.4, 0.5) is 5.69 Å². The Balaban J connectivity index is 1.75. The zero-order chi connectivity index (χ0) is 16.4. The predicted molar refractivity (Wildman–Crippen MR) is 86.0 cm³/mol. The number of fused-ring (bicyclic) bond motifs is 1. The number of esters is 1. The molecule has 1 atom stereocenters. The molecule has 1 amide bonds. The zero-order valence-corrected chi connectivity index (χ0v) is 13.1. The molecule has 118 valence electrons. The second kappa shape index (κ2) is 6.30. The molecule has 1 aliphatic rings. The van der Waals surface area contributed by atoms with E-state index in [1.807, 2.05) is 24.3 Å². The van der Waals surface area contributed by atoms with Gasteiger partial charge in [0.15, 0.2) is 6.10 Å². The second-order valence-corrected chi connectivity index (χ2v) is 5.50. The van der Waals surface area contributed by atoms with Gasteiger partial charge in [-0.2, -0.15) is 0 Å². The number of hydrogen-bond donors (Lipinski definition) is 1. The fraction of sp³-hybridized carbons (Fsp3) is 0.176. The van der Waals surface area contributed by atoms with E-state index in [0.29, 0.717) is 28.4 Å². The molecule has 6 heteroatoms. The van der Waals surface area contributed by atoms with Crippen molar-refractivity contribution in [1.29, 1.82) is 0 Å². The highest BCUT2D eigenvalue weighted by molar-refractivity contribution is 6.34. The summed E-state index contributed by atoms with van der Waals surface area (Å²) < 4.78 is 10.3. The van der Waals surface area contributed by atoms with Crippen LogP contribution in [-0.2, 0) is 16.0 Å². The summed E-state index contributed by atoms with van der Waals surface area (Å²) in [6.07, 6.45) is -0.124. The molecule has 0 aromatic heterocycles. The number of methoxy groups -OCH3 is 1. The third-order valence-electron chi connectivity index (χ3n) is 3.58. The molecular weight excluding hydrogens is 318 g/mol. The van der Waals surface area contributed by atoms with Crippen LogP contribution in [0.15, 0.2) is 42.5 Å². The Morgan fingerprint density at radius 3 is 2.78 bits per heavy atom. The van der Waals surface area contributed by atoms with Gasteiger partial charge in [0, 0.05) is 6.42 Å². The van der Waals surface area contributed by atoms with Crippen LogP contribution in [0.1, 0.15) is 15.9 Å². The highest BCUT2D eigenvalue weighted by Gasteiger charge is 2.29. The third-order valence-corrected chi connectivity index (χ3v) is 3.91. The molecule has 1 aliphatic heterocycles. The Morgan fingerprint density at radius 2 is 2.04 bits per heavy atom. The molecule has 0 spiro atoms. The maximum atomic E-state index is 12.4. The van der Waals surface area contributed by atoms with Gasteiger partial charge < -0.3 is 14.8 Å². The summed E-state index contributed by atoms with van der Waals surface area (Å²) in [5, 5.41) is 3.04. The standard InChI is InChI=1S/C17H14ClNO4/c1-22-17(21)11-6-7-12(18)13(8-11)19-16(20)15-9-10-4-2-3-5-14(10)23-15/h2-8,15H,9H2,1H3,(H,19,20). The Morgan fingerprint density at radius 1 is 1.26 bits per heavy atom. The molecule has 2 aromatic carbocycles. The summed E-state index contributed by atoms with van der Waals surface area (Å²) in [5.41, 5.74) is 1.64. The first-order valence-corrected chi connectivity index (χ1v) is 7.39. The number of rotatable bonds is 3. The molecule has 0 radical (unpaired) electrons. The normalized spacial score (nSPS) is 15.5. The topological polar surface area (TPSA) is 64.6 Å². The second-order valence-electron chi connectivity index (χ2n) is 5.09. The van der Waals surface area contributed by atoms with Gasteiger partial charge in [0.05, 0.1) is 23.4 Å². The SMILES string of the molecule is COC(=O)c1ccc(Cl)c(NC(=O)C2Cc3ccccc3O2)c1. The van der Waals surface area contributed by atoms with Gasteiger partial charge in [-0.25, -0.2) is 4.79 Å². The fourth-order valence-corrected chi connectivity index (χ4v) is 2.57. The lowest BCUT2D eigenvalue weighted by atomic mass is 10.1. The lowest BCUT2D eigenvalue weighted by Gasteiger charge is -2.13. The van der Waals surface area contributed by atoms with Gasteiger partial charge in [-0.1, -0.05) is 29.8 Å². The van der Waals surface area contributed by atoms with E-state index in [1.54, 1.807) is 0 Å². The zero-order valence-electron chi connectivity index (χ0n) is 12.3. The minimum atomic E-state index is -0.620. The number of benzene rings is 2. The first kappa shape index (κ1) is 15.4. The maximum absolute atomic E-state index is 12.4. The average molecular weight is 332 g/mol. The van der Waals surface area contributed by atoms with Crippen LogP contribution in [-0.4, -0.2) is 25.1 Å². The number of nitrogens with one attached hydrogen (secondary N) is 1. The van der Waals surface area contributed by atoms with Crippen LogP contribution in [0.3, 0.4) is 0 Å². The van der Waals surface area contributed by atoms with Crippen molar-refractivity contribution < 1.29 is 19.1 Å². The van der Waals surface area contributed by atoms with E-state index in [4.69, 9.17) is 16.3 Å². The van der Waals surface area contributed by atoms with E-state index in [9.17, 15) is 9.59 Å². The maximum Gasteiger partial charge on any atom is 0.337 e. The van der Waals surface area contributed by atoms with Crippen molar-refractivity contribution in [3.05, 3.63) is 58.6 Å². The highest BCUT2D eigenvalue weighted by Crippen LogP contribution is 2.30. The number of hydrogen-bond acceptors (Lipinski definition) is 4. The van der Waals surface area contributed by atoms with Gasteiger partial charge in [-0.15, -0.1) is 0 Å². The van der Waals surface area contributed by atoms with Gasteiger partial charge in [0.2, 0.25) is 0 Å². The number of halogens is 1. The lowest BCUT2D eigenvalue weighted by molar-refractivity contribution is -0.122. The molecule has 0 bridgehead atoms. The van der Waals surface area contributed by atoms with Crippen LogP contribution in [0.25, 0.3) is 0 Å². The molecule has 5 nitrogen and oxygen atoms in total. The molecule has 1 heterocycles. The predicted octanol–water partition coefficient (Wildman–Crippen LogP) is 3.07. The Bertz CT molecular complexity index is 750. The van der Waals surface area contributed by atoms with Gasteiger partial charge in [-0.05, 0) is 29.8 Å². The van der Waals surface area contributed by atoms with E-state index in [1.165, 1.54) is 25.3 Å². The molecule has 23 heavy (non-hydrogen) atoms. The molecule has 3 rings (SSSR count). The Kier molecular flexibility index (Phi) is 4.21. The summed E-state index contributed by atoms with van der Waals surface area (Å²) in [7, 11) is 1.29. The molecule has 0 fully saturated rings. The minimum absolute atomic E-state index is 0.308. The first-order valence-electron chi connectivity index (χ1n) is 7.02. The molecule has 2 aromatic rings. The summed E-state index contributed by atoms with van der Waals surface area (Å²) in [5.74, 6) is -0.103. The van der Waals surface area contributed by atoms with E-state index in [-0.39, 0.29) is 5.91 Å². The largest absolute Gasteiger partial charge is 0.480 e. The number of carbonyl (C=O) groups is 2. The number of amides is 1. The Hall–Kier alpha value is -2.53. The van der Waals surface area contributed by atoms with Gasteiger partial charge in [0.25, 0.3) is 5.91 Å². The van der Waals surface area contributed by atoms with E-state index in [2.05, 4.69) is 10.1 Å². The van der Waals surface area contributed by atoms with Crippen LogP contribution in [0.5, 0.6) is 5.75 Å². The number of ether oxygens (including phenoxy) is 2. The molecule has 0 saturated carbocycles. The van der Waals surface area contributed by atoms with Crippen LogP contribution in [0.2, 0.25) is 5.02 Å². The van der Waals surface area contributed by atoms with Crippen LogP contribution in [0, 0.1) is 0 Å². The van der Waals surface area contributed by atoms with E-state index in [0.717, 1.165) is 5.56 Å². The van der Waals surface area contributed by atoms with Crippen molar-refractivity contribution in [2.75, 3.05) is 12.4 Å². The smallest absolute Gasteiger partial charge is 0.337 e. The number of carbonyl (C=O) groups excluding carboxylic acids is 2. The van der Waals surface area contributed by atoms with Gasteiger partial charge in [0.1, 0.15) is 5.75 Å². The monoisotopic (exact) mass is 331 g/mol. The van der Waals surface area contributed by atoms with Crippen molar-refractivity contribution in [1.82, 2.24) is 0 Å². The summed E-state index contributed by atoms with van der Waals surface area (Å²) in [6, 6.07) is 12.1. The molecular formula is C17H14ClNO4.